The lowest BCUT2D eigenvalue weighted by molar-refractivity contribution is 0.00668. The summed E-state index contributed by atoms with van der Waals surface area (Å²) in [5.41, 5.74) is 1.87. The van der Waals surface area contributed by atoms with Crippen molar-refractivity contribution in [1.29, 1.82) is 0 Å². The summed E-state index contributed by atoms with van der Waals surface area (Å²) in [6, 6.07) is 1.04. The van der Waals surface area contributed by atoms with Crippen molar-refractivity contribution in [3.63, 3.8) is 0 Å². The summed E-state index contributed by atoms with van der Waals surface area (Å²) in [7, 11) is 0. The Morgan fingerprint density at radius 3 is 2.61 bits per heavy atom. The number of hydrogen-bond donors (Lipinski definition) is 2. The van der Waals surface area contributed by atoms with Gasteiger partial charge in [0.2, 0.25) is 0 Å². The second kappa shape index (κ2) is 7.43. The fraction of sp³-hybridized carbons (Fsp3) is 0.565. The number of benzene rings is 1. The number of piperidine rings is 1. The number of carbonyl (C=O) groups is 2. The van der Waals surface area contributed by atoms with Crippen LogP contribution in [0.5, 0.6) is 0 Å². The standard InChI is InChI=1S/C23H30FN3O4/c1-12-13(2)25-19-15(21(28)29)9-16(24)20(18(12)19)26-10-14-7-6-8-27(17(14)11-26)22(30)31-23(3,4)5/h9,14,17,25H,6-8,10-11H2,1-5H3,(H,28,29)/t14-,17+/m1/s1. The lowest BCUT2D eigenvalue weighted by Gasteiger charge is -2.37. The molecule has 31 heavy (non-hydrogen) atoms. The zero-order chi connectivity index (χ0) is 22.7. The molecular formula is C23H30FN3O4. The van der Waals surface area contributed by atoms with Crippen LogP contribution in [0.25, 0.3) is 10.9 Å². The van der Waals surface area contributed by atoms with Crippen LogP contribution < -0.4 is 4.90 Å². The Morgan fingerprint density at radius 1 is 1.26 bits per heavy atom. The van der Waals surface area contributed by atoms with E-state index in [4.69, 9.17) is 4.74 Å². The van der Waals surface area contributed by atoms with Crippen LogP contribution in [-0.4, -0.2) is 58.3 Å². The van der Waals surface area contributed by atoms with Crippen LogP contribution in [0.3, 0.4) is 0 Å². The predicted molar refractivity (Wildman–Crippen MR) is 116 cm³/mol. The smallest absolute Gasteiger partial charge is 0.410 e. The first-order valence-electron chi connectivity index (χ1n) is 10.8. The molecule has 4 rings (SSSR count). The number of anilines is 1. The molecule has 0 spiro atoms. The Labute approximate surface area is 181 Å². The maximum atomic E-state index is 15.3. The van der Waals surface area contributed by atoms with Crippen molar-refractivity contribution in [2.45, 2.75) is 59.1 Å². The quantitative estimate of drug-likeness (QED) is 0.733. The molecule has 2 fully saturated rings. The highest BCUT2D eigenvalue weighted by atomic mass is 19.1. The van der Waals surface area contributed by atoms with Gasteiger partial charge in [0.05, 0.1) is 22.8 Å². The molecule has 0 radical (unpaired) electrons. The Hall–Kier alpha value is -2.77. The second-order valence-electron chi connectivity index (χ2n) is 9.73. The summed E-state index contributed by atoms with van der Waals surface area (Å²) >= 11 is 0. The average Bonchev–Trinajstić information content (AvgIpc) is 3.21. The Morgan fingerprint density at radius 2 is 1.97 bits per heavy atom. The normalized spacial score (nSPS) is 21.5. The molecule has 0 aliphatic carbocycles. The van der Waals surface area contributed by atoms with Gasteiger partial charge >= 0.3 is 12.1 Å². The third kappa shape index (κ3) is 3.72. The van der Waals surface area contributed by atoms with Gasteiger partial charge in [-0.05, 0) is 65.0 Å². The molecule has 2 aliphatic rings. The zero-order valence-corrected chi connectivity index (χ0v) is 18.7. The second-order valence-corrected chi connectivity index (χ2v) is 9.73. The number of aromatic carboxylic acids is 1. The molecule has 8 heteroatoms. The van der Waals surface area contributed by atoms with E-state index in [1.807, 2.05) is 39.5 Å². The van der Waals surface area contributed by atoms with Crippen molar-refractivity contribution in [2.75, 3.05) is 24.5 Å². The summed E-state index contributed by atoms with van der Waals surface area (Å²) in [5.74, 6) is -1.49. The number of carbonyl (C=O) groups excluding carboxylic acids is 1. The van der Waals surface area contributed by atoms with E-state index in [-0.39, 0.29) is 23.6 Å². The van der Waals surface area contributed by atoms with Gasteiger partial charge in [-0.25, -0.2) is 14.0 Å². The monoisotopic (exact) mass is 431 g/mol. The van der Waals surface area contributed by atoms with Crippen LogP contribution in [0.4, 0.5) is 14.9 Å². The number of amides is 1. The number of rotatable bonds is 2. The first-order valence-corrected chi connectivity index (χ1v) is 10.8. The number of nitrogens with zero attached hydrogens (tertiary/aromatic N) is 2. The molecule has 0 bridgehead atoms. The van der Waals surface area contributed by atoms with Crippen LogP contribution >= 0.6 is 0 Å². The highest BCUT2D eigenvalue weighted by molar-refractivity contribution is 6.08. The molecule has 1 aromatic carbocycles. The van der Waals surface area contributed by atoms with Gasteiger partial charge in [-0.3, -0.25) is 0 Å². The summed E-state index contributed by atoms with van der Waals surface area (Å²) in [4.78, 5) is 31.4. The maximum absolute atomic E-state index is 15.3. The number of aryl methyl sites for hydroxylation is 2. The van der Waals surface area contributed by atoms with E-state index in [1.54, 1.807) is 4.90 Å². The minimum absolute atomic E-state index is 0.0578. The van der Waals surface area contributed by atoms with Gasteiger partial charge in [0.1, 0.15) is 11.4 Å². The number of nitrogens with one attached hydrogen (secondary N) is 1. The van der Waals surface area contributed by atoms with Crippen LogP contribution in [0, 0.1) is 25.6 Å². The molecule has 7 nitrogen and oxygen atoms in total. The average molecular weight is 432 g/mol. The number of carboxylic acids is 1. The van der Waals surface area contributed by atoms with E-state index in [1.165, 1.54) is 0 Å². The predicted octanol–water partition coefficient (Wildman–Crippen LogP) is 4.46. The number of ether oxygens (including phenoxy) is 1. The van der Waals surface area contributed by atoms with Gasteiger partial charge in [0.25, 0.3) is 0 Å². The zero-order valence-electron chi connectivity index (χ0n) is 18.7. The summed E-state index contributed by atoms with van der Waals surface area (Å²) in [6.07, 6.45) is 1.51. The molecule has 2 saturated heterocycles. The molecule has 2 aromatic rings. The first-order chi connectivity index (χ1) is 14.5. The van der Waals surface area contributed by atoms with Crippen LogP contribution in [-0.2, 0) is 4.74 Å². The highest BCUT2D eigenvalue weighted by Gasteiger charge is 2.43. The fourth-order valence-electron chi connectivity index (χ4n) is 4.99. The lowest BCUT2D eigenvalue weighted by atomic mass is 9.92. The number of aromatic nitrogens is 1. The van der Waals surface area contributed by atoms with E-state index < -0.39 is 17.4 Å². The molecule has 1 amide bonds. The van der Waals surface area contributed by atoms with Crippen LogP contribution in [0.2, 0.25) is 0 Å². The summed E-state index contributed by atoms with van der Waals surface area (Å²) in [5, 5.41) is 10.2. The Kier molecular flexibility index (Phi) is 5.14. The van der Waals surface area contributed by atoms with E-state index in [2.05, 4.69) is 4.98 Å². The highest BCUT2D eigenvalue weighted by Crippen LogP contribution is 2.41. The number of fused-ring (bicyclic) bond motifs is 2. The molecule has 168 valence electrons. The van der Waals surface area contributed by atoms with Gasteiger partial charge < -0.3 is 24.6 Å². The lowest BCUT2D eigenvalue weighted by Crippen LogP contribution is -2.50. The molecule has 2 atom stereocenters. The molecule has 1 aromatic heterocycles. The summed E-state index contributed by atoms with van der Waals surface area (Å²) in [6.45, 7) is 11.0. The van der Waals surface area contributed by atoms with E-state index in [0.717, 1.165) is 30.2 Å². The topological polar surface area (TPSA) is 85.9 Å². The third-order valence-corrected chi connectivity index (χ3v) is 6.46. The maximum Gasteiger partial charge on any atom is 0.410 e. The van der Waals surface area contributed by atoms with E-state index in [0.29, 0.717) is 36.2 Å². The van der Waals surface area contributed by atoms with Crippen molar-refractivity contribution in [3.05, 3.63) is 28.7 Å². The number of hydrogen-bond acceptors (Lipinski definition) is 4. The van der Waals surface area contributed by atoms with Gasteiger partial charge in [-0.15, -0.1) is 0 Å². The van der Waals surface area contributed by atoms with E-state index in [9.17, 15) is 14.7 Å². The molecule has 0 unspecified atom stereocenters. The molecular weight excluding hydrogens is 401 g/mol. The molecule has 2 N–H and O–H groups in total. The first kappa shape index (κ1) is 21.5. The number of likely N-dealkylation sites (tertiary alicyclic amines) is 1. The van der Waals surface area contributed by atoms with Crippen molar-refractivity contribution in [2.24, 2.45) is 5.92 Å². The van der Waals surface area contributed by atoms with Gasteiger partial charge in [-0.2, -0.15) is 0 Å². The van der Waals surface area contributed by atoms with Crippen LogP contribution in [0.1, 0.15) is 55.2 Å². The Balaban J connectivity index is 1.72. The van der Waals surface area contributed by atoms with Crippen molar-refractivity contribution in [3.8, 4) is 0 Å². The largest absolute Gasteiger partial charge is 0.478 e. The number of aromatic amines is 1. The number of carboxylic acid groups (broad SMARTS) is 1. The van der Waals surface area contributed by atoms with Gasteiger partial charge in [0.15, 0.2) is 0 Å². The summed E-state index contributed by atoms with van der Waals surface area (Å²) < 4.78 is 20.9. The number of H-pyrrole nitrogens is 1. The van der Waals surface area contributed by atoms with Crippen molar-refractivity contribution >= 4 is 28.7 Å². The number of halogens is 1. The van der Waals surface area contributed by atoms with Crippen LogP contribution in [0.15, 0.2) is 6.07 Å². The Bertz CT molecular complexity index is 1060. The molecule has 2 aliphatic heterocycles. The van der Waals surface area contributed by atoms with Gasteiger partial charge in [0, 0.05) is 30.7 Å². The third-order valence-electron chi connectivity index (χ3n) is 6.46. The molecule has 0 saturated carbocycles. The van der Waals surface area contributed by atoms with Crippen molar-refractivity contribution < 1.29 is 23.8 Å². The minimum atomic E-state index is -1.16. The van der Waals surface area contributed by atoms with Gasteiger partial charge in [-0.1, -0.05) is 0 Å². The fourth-order valence-corrected chi connectivity index (χ4v) is 4.99. The minimum Gasteiger partial charge on any atom is -0.478 e. The van der Waals surface area contributed by atoms with E-state index >= 15 is 4.39 Å². The van der Waals surface area contributed by atoms with Crippen molar-refractivity contribution in [1.82, 2.24) is 9.88 Å². The molecule has 3 heterocycles. The SMILES string of the molecule is Cc1[nH]c2c(C(=O)O)cc(F)c(N3C[C@H]4CCCN(C(=O)OC(C)(C)C)[C@H]4C3)c2c1C.